The van der Waals surface area contributed by atoms with Crippen LogP contribution in [0.1, 0.15) is 11.1 Å². The molecule has 4 heteroatoms. The molecule has 0 radical (unpaired) electrons. The van der Waals surface area contributed by atoms with Crippen LogP contribution in [-0.4, -0.2) is 20.1 Å². The van der Waals surface area contributed by atoms with Crippen LogP contribution in [0.5, 0.6) is 11.5 Å². The van der Waals surface area contributed by atoms with Crippen molar-refractivity contribution in [2.24, 2.45) is 0 Å². The smallest absolute Gasteiger partial charge is 0.244 e. The minimum Gasteiger partial charge on any atom is -0.493 e. The molecule has 0 aliphatic heterocycles. The molecule has 0 aromatic heterocycles. The number of ether oxygens (including phenoxy) is 2. The van der Waals surface area contributed by atoms with Gasteiger partial charge in [-0.25, -0.2) is 0 Å². The van der Waals surface area contributed by atoms with E-state index in [0.717, 1.165) is 11.1 Å². The lowest BCUT2D eigenvalue weighted by atomic mass is 10.2. The van der Waals surface area contributed by atoms with Crippen molar-refractivity contribution >= 4 is 12.0 Å². The monoisotopic (exact) mass is 297 g/mol. The van der Waals surface area contributed by atoms with Crippen molar-refractivity contribution < 1.29 is 14.3 Å². The van der Waals surface area contributed by atoms with Gasteiger partial charge < -0.3 is 14.8 Å². The molecule has 0 heterocycles. The normalized spacial score (nSPS) is 10.5. The van der Waals surface area contributed by atoms with Gasteiger partial charge in [0.1, 0.15) is 0 Å². The van der Waals surface area contributed by atoms with Crippen molar-refractivity contribution in [2.75, 3.05) is 14.2 Å². The standard InChI is InChI=1S/C18H19NO3/c1-21-16-10-8-15(12-17(16)22-2)13-19-18(20)11-9-14-6-4-3-5-7-14/h3-12H,13H2,1-2H3,(H,19,20). The number of amides is 1. The number of hydrogen-bond donors (Lipinski definition) is 1. The highest BCUT2D eigenvalue weighted by molar-refractivity contribution is 5.91. The number of benzene rings is 2. The van der Waals surface area contributed by atoms with Crippen LogP contribution in [0.25, 0.3) is 6.08 Å². The molecule has 0 unspecified atom stereocenters. The summed E-state index contributed by atoms with van der Waals surface area (Å²) in [7, 11) is 3.18. The van der Waals surface area contributed by atoms with E-state index in [1.807, 2.05) is 48.5 Å². The van der Waals surface area contributed by atoms with Crippen molar-refractivity contribution in [1.29, 1.82) is 0 Å². The van der Waals surface area contributed by atoms with Gasteiger partial charge in [0.2, 0.25) is 5.91 Å². The molecule has 0 aliphatic carbocycles. The van der Waals surface area contributed by atoms with Crippen LogP contribution in [0.3, 0.4) is 0 Å². The van der Waals surface area contributed by atoms with Crippen molar-refractivity contribution in [1.82, 2.24) is 5.32 Å². The summed E-state index contributed by atoms with van der Waals surface area (Å²) in [6, 6.07) is 15.2. The summed E-state index contributed by atoms with van der Waals surface area (Å²) in [6.07, 6.45) is 3.31. The molecule has 2 aromatic carbocycles. The predicted molar refractivity (Wildman–Crippen MR) is 86.9 cm³/mol. The van der Waals surface area contributed by atoms with E-state index in [1.54, 1.807) is 20.3 Å². The molecule has 0 atom stereocenters. The molecule has 1 amide bonds. The van der Waals surface area contributed by atoms with E-state index >= 15 is 0 Å². The lowest BCUT2D eigenvalue weighted by Crippen LogP contribution is -2.20. The van der Waals surface area contributed by atoms with Gasteiger partial charge in [0.15, 0.2) is 11.5 Å². The summed E-state index contributed by atoms with van der Waals surface area (Å²) >= 11 is 0. The van der Waals surface area contributed by atoms with Gasteiger partial charge in [-0.2, -0.15) is 0 Å². The lowest BCUT2D eigenvalue weighted by molar-refractivity contribution is -0.116. The van der Waals surface area contributed by atoms with Crippen molar-refractivity contribution in [3.63, 3.8) is 0 Å². The average Bonchev–Trinajstić information content (AvgIpc) is 2.58. The molecule has 1 N–H and O–H groups in total. The third-order valence-corrected chi connectivity index (χ3v) is 3.14. The zero-order chi connectivity index (χ0) is 15.8. The van der Waals surface area contributed by atoms with Crippen LogP contribution in [0.15, 0.2) is 54.6 Å². The van der Waals surface area contributed by atoms with Crippen LogP contribution >= 0.6 is 0 Å². The van der Waals surface area contributed by atoms with Gasteiger partial charge in [0, 0.05) is 12.6 Å². The molecule has 2 aromatic rings. The average molecular weight is 297 g/mol. The third-order valence-electron chi connectivity index (χ3n) is 3.14. The topological polar surface area (TPSA) is 47.6 Å². The number of hydrogen-bond acceptors (Lipinski definition) is 3. The molecule has 0 fully saturated rings. The summed E-state index contributed by atoms with van der Waals surface area (Å²) in [5, 5.41) is 2.84. The number of rotatable bonds is 6. The highest BCUT2D eigenvalue weighted by atomic mass is 16.5. The van der Waals surface area contributed by atoms with Crippen molar-refractivity contribution in [2.45, 2.75) is 6.54 Å². The summed E-state index contributed by atoms with van der Waals surface area (Å²) in [6.45, 7) is 0.429. The Labute approximate surface area is 130 Å². The van der Waals surface area contributed by atoms with Gasteiger partial charge in [0.25, 0.3) is 0 Å². The third kappa shape index (κ3) is 4.38. The second kappa shape index (κ2) is 7.88. The fraction of sp³-hybridized carbons (Fsp3) is 0.167. The zero-order valence-electron chi connectivity index (χ0n) is 12.7. The van der Waals surface area contributed by atoms with Gasteiger partial charge in [0.05, 0.1) is 14.2 Å². The molecule has 0 aliphatic rings. The maximum Gasteiger partial charge on any atom is 0.244 e. The van der Waals surface area contributed by atoms with Gasteiger partial charge in [-0.1, -0.05) is 36.4 Å². The molecule has 0 saturated heterocycles. The van der Waals surface area contributed by atoms with Gasteiger partial charge in [-0.05, 0) is 29.3 Å². The largest absolute Gasteiger partial charge is 0.493 e. The van der Waals surface area contributed by atoms with E-state index in [4.69, 9.17) is 9.47 Å². The zero-order valence-corrected chi connectivity index (χ0v) is 12.7. The van der Waals surface area contributed by atoms with Gasteiger partial charge in [-0.15, -0.1) is 0 Å². The number of methoxy groups -OCH3 is 2. The molecule has 0 saturated carbocycles. The molecule has 114 valence electrons. The molecule has 2 rings (SSSR count). The van der Waals surface area contributed by atoms with Crippen LogP contribution in [0.4, 0.5) is 0 Å². The summed E-state index contributed by atoms with van der Waals surface area (Å²) in [5.74, 6) is 1.18. The van der Waals surface area contributed by atoms with Crippen molar-refractivity contribution in [3.8, 4) is 11.5 Å². The van der Waals surface area contributed by atoms with Crippen LogP contribution < -0.4 is 14.8 Å². The first kappa shape index (κ1) is 15.6. The Morgan fingerprint density at radius 3 is 2.45 bits per heavy atom. The van der Waals surface area contributed by atoms with Crippen LogP contribution in [-0.2, 0) is 11.3 Å². The molecular weight excluding hydrogens is 278 g/mol. The van der Waals surface area contributed by atoms with Gasteiger partial charge >= 0.3 is 0 Å². The first-order chi connectivity index (χ1) is 10.7. The van der Waals surface area contributed by atoms with E-state index in [9.17, 15) is 4.79 Å². The highest BCUT2D eigenvalue weighted by Gasteiger charge is 2.05. The maximum atomic E-state index is 11.8. The van der Waals surface area contributed by atoms with Crippen molar-refractivity contribution in [3.05, 3.63) is 65.7 Å². The van der Waals surface area contributed by atoms with E-state index in [2.05, 4.69) is 5.32 Å². The SMILES string of the molecule is COc1ccc(CNC(=O)C=Cc2ccccc2)cc1OC. The Morgan fingerprint density at radius 2 is 1.77 bits per heavy atom. The Hall–Kier alpha value is -2.75. The van der Waals surface area contributed by atoms with Crippen LogP contribution in [0.2, 0.25) is 0 Å². The fourth-order valence-electron chi connectivity index (χ4n) is 1.97. The summed E-state index contributed by atoms with van der Waals surface area (Å²) < 4.78 is 10.4. The molecule has 4 nitrogen and oxygen atoms in total. The minimum atomic E-state index is -0.140. The summed E-state index contributed by atoms with van der Waals surface area (Å²) in [4.78, 5) is 11.8. The highest BCUT2D eigenvalue weighted by Crippen LogP contribution is 2.27. The Bertz CT molecular complexity index is 651. The molecule has 0 spiro atoms. The first-order valence-electron chi connectivity index (χ1n) is 6.95. The van der Waals surface area contributed by atoms with E-state index in [0.29, 0.717) is 18.0 Å². The lowest BCUT2D eigenvalue weighted by Gasteiger charge is -2.09. The fourth-order valence-corrected chi connectivity index (χ4v) is 1.97. The molecular formula is C18H19NO3. The number of nitrogens with one attached hydrogen (secondary N) is 1. The second-order valence-corrected chi connectivity index (χ2v) is 4.65. The van der Waals surface area contributed by atoms with Crippen LogP contribution in [0, 0.1) is 0 Å². The molecule has 0 bridgehead atoms. The van der Waals surface area contributed by atoms with E-state index < -0.39 is 0 Å². The summed E-state index contributed by atoms with van der Waals surface area (Å²) in [5.41, 5.74) is 1.93. The van der Waals surface area contributed by atoms with E-state index in [1.165, 1.54) is 6.08 Å². The minimum absolute atomic E-state index is 0.140. The number of carbonyl (C=O) groups excluding carboxylic acids is 1. The molecule has 22 heavy (non-hydrogen) atoms. The maximum absolute atomic E-state index is 11.8. The van der Waals surface area contributed by atoms with Gasteiger partial charge in [-0.3, -0.25) is 4.79 Å². The first-order valence-corrected chi connectivity index (χ1v) is 6.95. The number of carbonyl (C=O) groups is 1. The second-order valence-electron chi connectivity index (χ2n) is 4.65. The quantitative estimate of drug-likeness (QED) is 0.834. The Balaban J connectivity index is 1.92. The van der Waals surface area contributed by atoms with E-state index in [-0.39, 0.29) is 5.91 Å². The Morgan fingerprint density at radius 1 is 1.05 bits per heavy atom. The predicted octanol–water partition coefficient (Wildman–Crippen LogP) is 3.03. The Kier molecular flexibility index (Phi) is 5.60.